The van der Waals surface area contributed by atoms with Gasteiger partial charge in [-0.1, -0.05) is 96.1 Å². The molecule has 6 aromatic rings. The molecule has 0 unspecified atom stereocenters. The molecule has 4 nitrogen and oxygen atoms in total. The van der Waals surface area contributed by atoms with Gasteiger partial charge in [-0.2, -0.15) is 0 Å². The summed E-state index contributed by atoms with van der Waals surface area (Å²) in [5, 5.41) is 0. The number of fused-ring (bicyclic) bond motifs is 2. The molecule has 2 aliphatic carbocycles. The number of carbonyl (C=O) groups excluding carboxylic acids is 2. The van der Waals surface area contributed by atoms with Crippen LogP contribution in [0, 0.1) is 13.8 Å². The first kappa shape index (κ1) is 33.4. The Kier molecular flexibility index (Phi) is 9.30. The number of hydrogen-bond donors (Lipinski definition) is 0. The molecule has 0 saturated carbocycles. The Morgan fingerprint density at radius 2 is 0.731 bits per heavy atom. The van der Waals surface area contributed by atoms with Gasteiger partial charge in [-0.05, 0) is 146 Å². The van der Waals surface area contributed by atoms with Crippen molar-refractivity contribution in [2.75, 3.05) is 0 Å². The SMILES string of the molecule is Cc1ccc(-c2ccc(C(=O)Oc3ccc4c(c3-c3c(OC(=O)c5ccc(-c6ccc(C)cc6)cc5)ccc5c3CCCC5)CCCC4)cc2)cc1. The van der Waals surface area contributed by atoms with E-state index >= 15 is 0 Å². The fraction of sp³-hybridized carbons (Fsp3) is 0.208. The Morgan fingerprint density at radius 1 is 0.404 bits per heavy atom. The van der Waals surface area contributed by atoms with Crippen LogP contribution in [0.1, 0.15) is 79.8 Å². The van der Waals surface area contributed by atoms with E-state index in [1.807, 2.05) is 60.7 Å². The van der Waals surface area contributed by atoms with E-state index in [1.165, 1.54) is 33.4 Å². The number of aryl methyl sites for hydroxylation is 4. The van der Waals surface area contributed by atoms with Gasteiger partial charge in [0.2, 0.25) is 0 Å². The third-order valence-electron chi connectivity index (χ3n) is 10.7. The van der Waals surface area contributed by atoms with Crippen molar-refractivity contribution in [1.82, 2.24) is 0 Å². The second-order valence-electron chi connectivity index (χ2n) is 14.2. The average Bonchev–Trinajstić information content (AvgIpc) is 3.19. The highest BCUT2D eigenvalue weighted by Gasteiger charge is 2.28. The molecule has 0 bridgehead atoms. The van der Waals surface area contributed by atoms with Crippen molar-refractivity contribution < 1.29 is 19.1 Å². The van der Waals surface area contributed by atoms with Crippen molar-refractivity contribution in [3.63, 3.8) is 0 Å². The van der Waals surface area contributed by atoms with E-state index in [4.69, 9.17) is 9.47 Å². The quantitative estimate of drug-likeness (QED) is 0.124. The molecule has 258 valence electrons. The maximum Gasteiger partial charge on any atom is 0.343 e. The van der Waals surface area contributed by atoms with Crippen molar-refractivity contribution in [3.8, 4) is 44.9 Å². The van der Waals surface area contributed by atoms with E-state index in [-0.39, 0.29) is 0 Å². The molecule has 8 rings (SSSR count). The van der Waals surface area contributed by atoms with Gasteiger partial charge in [0.15, 0.2) is 0 Å². The number of ether oxygens (including phenoxy) is 2. The minimum absolute atomic E-state index is 0.413. The molecular weight excluding hydrogens is 641 g/mol. The van der Waals surface area contributed by atoms with E-state index in [0.29, 0.717) is 22.6 Å². The Balaban J connectivity index is 1.15. The fourth-order valence-corrected chi connectivity index (χ4v) is 7.74. The summed E-state index contributed by atoms with van der Waals surface area (Å²) in [4.78, 5) is 27.7. The van der Waals surface area contributed by atoms with Gasteiger partial charge < -0.3 is 9.47 Å². The first-order chi connectivity index (χ1) is 25.4. The summed E-state index contributed by atoms with van der Waals surface area (Å²) in [7, 11) is 0. The smallest absolute Gasteiger partial charge is 0.343 e. The Hall–Kier alpha value is -5.74. The maximum absolute atomic E-state index is 13.8. The van der Waals surface area contributed by atoms with Crippen molar-refractivity contribution in [2.45, 2.75) is 65.2 Å². The lowest BCUT2D eigenvalue weighted by molar-refractivity contribution is 0.0723. The van der Waals surface area contributed by atoms with Crippen LogP contribution in [0.4, 0.5) is 0 Å². The van der Waals surface area contributed by atoms with Crippen LogP contribution >= 0.6 is 0 Å². The summed E-state index contributed by atoms with van der Waals surface area (Å²) in [5.41, 5.74) is 14.3. The van der Waals surface area contributed by atoms with E-state index in [0.717, 1.165) is 84.7 Å². The van der Waals surface area contributed by atoms with E-state index in [9.17, 15) is 9.59 Å². The van der Waals surface area contributed by atoms with Crippen LogP contribution in [0.2, 0.25) is 0 Å². The highest BCUT2D eigenvalue weighted by Crippen LogP contribution is 2.47. The molecule has 2 aliphatic rings. The molecule has 0 heterocycles. The van der Waals surface area contributed by atoms with Crippen molar-refractivity contribution in [1.29, 1.82) is 0 Å². The maximum atomic E-state index is 13.8. The lowest BCUT2D eigenvalue weighted by Crippen LogP contribution is -2.15. The highest BCUT2D eigenvalue weighted by molar-refractivity contribution is 5.96. The molecular formula is C48H42O4. The van der Waals surface area contributed by atoms with Gasteiger partial charge in [0.25, 0.3) is 0 Å². The van der Waals surface area contributed by atoms with Crippen molar-refractivity contribution >= 4 is 11.9 Å². The second kappa shape index (κ2) is 14.5. The molecule has 0 aliphatic heterocycles. The molecule has 0 N–H and O–H groups in total. The van der Waals surface area contributed by atoms with Crippen LogP contribution < -0.4 is 9.47 Å². The van der Waals surface area contributed by atoms with Crippen molar-refractivity contribution in [2.24, 2.45) is 0 Å². The topological polar surface area (TPSA) is 52.6 Å². The molecule has 0 amide bonds. The zero-order chi connectivity index (χ0) is 35.6. The number of rotatable bonds is 7. The summed E-state index contributed by atoms with van der Waals surface area (Å²) in [6.45, 7) is 4.14. The second-order valence-corrected chi connectivity index (χ2v) is 14.2. The average molecular weight is 683 g/mol. The summed E-state index contributed by atoms with van der Waals surface area (Å²) in [5.74, 6) is 0.188. The van der Waals surface area contributed by atoms with Crippen LogP contribution in [-0.4, -0.2) is 11.9 Å². The van der Waals surface area contributed by atoms with Crippen LogP contribution in [0.3, 0.4) is 0 Å². The van der Waals surface area contributed by atoms with Gasteiger partial charge >= 0.3 is 11.9 Å². The molecule has 52 heavy (non-hydrogen) atoms. The van der Waals surface area contributed by atoms with Crippen molar-refractivity contribution in [3.05, 3.63) is 166 Å². The number of esters is 2. The largest absolute Gasteiger partial charge is 0.422 e. The Bertz CT molecular complexity index is 2100. The van der Waals surface area contributed by atoms with Gasteiger partial charge in [0.05, 0.1) is 11.1 Å². The minimum Gasteiger partial charge on any atom is -0.422 e. The number of carbonyl (C=O) groups is 2. The zero-order valence-electron chi connectivity index (χ0n) is 29.8. The summed E-state index contributed by atoms with van der Waals surface area (Å²) in [6, 6.07) is 40.0. The number of benzene rings is 6. The standard InChI is InChI=1S/C48H42O4/c1-31-11-15-33(16-12-31)35-19-23-39(24-20-35)47(49)51-43-29-27-37-7-3-5-9-41(37)45(43)46-42-10-6-4-8-38(42)28-30-44(46)52-48(50)40-25-21-36(22-26-40)34-17-13-32(2)14-18-34/h11-30H,3-10H2,1-2H3. The van der Waals surface area contributed by atoms with Crippen LogP contribution in [-0.2, 0) is 25.7 Å². The monoisotopic (exact) mass is 682 g/mol. The van der Waals surface area contributed by atoms with E-state index in [2.05, 4.69) is 74.5 Å². The molecule has 0 fully saturated rings. The third kappa shape index (κ3) is 6.81. The summed E-state index contributed by atoms with van der Waals surface area (Å²) >= 11 is 0. The molecule has 4 heteroatoms. The first-order valence-corrected chi connectivity index (χ1v) is 18.5. The fourth-order valence-electron chi connectivity index (χ4n) is 7.74. The lowest BCUT2D eigenvalue weighted by atomic mass is 9.80. The van der Waals surface area contributed by atoms with Crippen LogP contribution in [0.25, 0.3) is 33.4 Å². The normalized spacial score (nSPS) is 13.5. The molecule has 0 aromatic heterocycles. The minimum atomic E-state index is -0.413. The van der Waals surface area contributed by atoms with Crippen LogP contribution in [0.5, 0.6) is 11.5 Å². The Labute approximate surface area is 306 Å². The Morgan fingerprint density at radius 3 is 1.10 bits per heavy atom. The molecule has 6 aromatic carbocycles. The summed E-state index contributed by atoms with van der Waals surface area (Å²) < 4.78 is 12.7. The van der Waals surface area contributed by atoms with Gasteiger partial charge in [-0.15, -0.1) is 0 Å². The lowest BCUT2D eigenvalue weighted by Gasteiger charge is -2.27. The molecule has 0 radical (unpaired) electrons. The predicted molar refractivity (Wildman–Crippen MR) is 208 cm³/mol. The molecule has 0 saturated heterocycles. The van der Waals surface area contributed by atoms with E-state index in [1.54, 1.807) is 0 Å². The van der Waals surface area contributed by atoms with Gasteiger partial charge in [0, 0.05) is 11.1 Å². The predicted octanol–water partition coefficient (Wildman–Crippen LogP) is 11.5. The summed E-state index contributed by atoms with van der Waals surface area (Å²) in [6.07, 6.45) is 8.02. The molecule has 0 atom stereocenters. The number of hydrogen-bond acceptors (Lipinski definition) is 4. The van der Waals surface area contributed by atoms with Gasteiger partial charge in [-0.3, -0.25) is 0 Å². The van der Waals surface area contributed by atoms with Gasteiger partial charge in [0.1, 0.15) is 11.5 Å². The van der Waals surface area contributed by atoms with Crippen LogP contribution in [0.15, 0.2) is 121 Å². The van der Waals surface area contributed by atoms with E-state index < -0.39 is 11.9 Å². The zero-order valence-corrected chi connectivity index (χ0v) is 29.8. The first-order valence-electron chi connectivity index (χ1n) is 18.5. The highest BCUT2D eigenvalue weighted by atomic mass is 16.5. The van der Waals surface area contributed by atoms with Gasteiger partial charge in [-0.25, -0.2) is 9.59 Å². The molecule has 0 spiro atoms. The third-order valence-corrected chi connectivity index (χ3v) is 10.7.